The minimum Gasteiger partial charge on any atom is -0.480 e. The Kier molecular flexibility index (Phi) is 5.99. The van der Waals surface area contributed by atoms with Crippen molar-refractivity contribution in [2.45, 2.75) is 45.6 Å². The molecule has 19 heavy (non-hydrogen) atoms. The van der Waals surface area contributed by atoms with Gasteiger partial charge in [0, 0.05) is 6.20 Å². The van der Waals surface area contributed by atoms with Gasteiger partial charge in [-0.05, 0) is 30.5 Å². The number of unbranched alkanes of at least 4 members (excludes halogenated alkanes) is 1. The fourth-order valence-electron chi connectivity index (χ4n) is 1.72. The molecule has 0 aliphatic heterocycles. The first-order chi connectivity index (χ1) is 9.08. The van der Waals surface area contributed by atoms with Gasteiger partial charge >= 0.3 is 5.97 Å². The Hall–Kier alpha value is -1.91. The molecule has 1 atom stereocenters. The number of hydrogen-bond donors (Lipinski definition) is 2. The summed E-state index contributed by atoms with van der Waals surface area (Å²) < 4.78 is 0. The zero-order chi connectivity index (χ0) is 14.3. The molecule has 5 heteroatoms. The summed E-state index contributed by atoms with van der Waals surface area (Å²) in [6.07, 6.45) is 4.46. The number of hydrogen-bond acceptors (Lipinski definition) is 3. The van der Waals surface area contributed by atoms with Gasteiger partial charge in [0.25, 0.3) is 5.91 Å². The van der Waals surface area contributed by atoms with E-state index in [1.54, 1.807) is 12.3 Å². The molecule has 0 spiro atoms. The fraction of sp³-hybridized carbons (Fsp3) is 0.500. The van der Waals surface area contributed by atoms with E-state index in [1.165, 1.54) is 0 Å². The maximum absolute atomic E-state index is 12.0. The number of carbonyl (C=O) groups is 2. The van der Waals surface area contributed by atoms with E-state index in [9.17, 15) is 9.59 Å². The summed E-state index contributed by atoms with van der Waals surface area (Å²) in [6.45, 7) is 3.96. The minimum atomic E-state index is -1.01. The molecular weight excluding hydrogens is 244 g/mol. The summed E-state index contributed by atoms with van der Waals surface area (Å²) in [5.41, 5.74) is 1.27. The third-order valence-electron chi connectivity index (χ3n) is 2.92. The van der Waals surface area contributed by atoms with Crippen LogP contribution in [-0.2, 0) is 11.2 Å². The lowest BCUT2D eigenvalue weighted by Crippen LogP contribution is -2.41. The van der Waals surface area contributed by atoms with Crippen LogP contribution < -0.4 is 5.32 Å². The van der Waals surface area contributed by atoms with Crippen LogP contribution in [0, 0.1) is 0 Å². The Morgan fingerprint density at radius 2 is 2.16 bits per heavy atom. The highest BCUT2D eigenvalue weighted by Gasteiger charge is 2.20. The van der Waals surface area contributed by atoms with Crippen molar-refractivity contribution >= 4 is 11.9 Å². The summed E-state index contributed by atoms with van der Waals surface area (Å²) in [7, 11) is 0. The Labute approximate surface area is 113 Å². The summed E-state index contributed by atoms with van der Waals surface area (Å²) in [5.74, 6) is -1.44. The molecule has 0 radical (unpaired) electrons. The Morgan fingerprint density at radius 1 is 1.42 bits per heavy atom. The second-order valence-corrected chi connectivity index (χ2v) is 4.41. The fourth-order valence-corrected chi connectivity index (χ4v) is 1.72. The van der Waals surface area contributed by atoms with Gasteiger partial charge in [-0.1, -0.05) is 26.7 Å². The average molecular weight is 264 g/mol. The number of aromatic nitrogens is 1. The maximum Gasteiger partial charge on any atom is 0.326 e. The van der Waals surface area contributed by atoms with Crippen molar-refractivity contribution < 1.29 is 14.7 Å². The second kappa shape index (κ2) is 7.51. The predicted molar refractivity (Wildman–Crippen MR) is 72.0 cm³/mol. The van der Waals surface area contributed by atoms with Gasteiger partial charge < -0.3 is 10.4 Å². The number of carboxylic acid groups (broad SMARTS) is 1. The third-order valence-corrected chi connectivity index (χ3v) is 2.92. The van der Waals surface area contributed by atoms with E-state index in [2.05, 4.69) is 10.3 Å². The smallest absolute Gasteiger partial charge is 0.326 e. The molecule has 0 saturated heterocycles. The van der Waals surface area contributed by atoms with E-state index in [1.807, 2.05) is 19.9 Å². The van der Waals surface area contributed by atoms with E-state index in [0.29, 0.717) is 6.42 Å². The highest BCUT2D eigenvalue weighted by Crippen LogP contribution is 2.05. The molecule has 1 amide bonds. The number of nitrogens with zero attached hydrogens (tertiary/aromatic N) is 1. The quantitative estimate of drug-likeness (QED) is 0.789. The van der Waals surface area contributed by atoms with Crippen LogP contribution in [0.4, 0.5) is 0 Å². The first kappa shape index (κ1) is 15.1. The largest absolute Gasteiger partial charge is 0.480 e. The topological polar surface area (TPSA) is 79.3 Å². The van der Waals surface area contributed by atoms with Crippen molar-refractivity contribution in [3.63, 3.8) is 0 Å². The molecule has 0 saturated carbocycles. The van der Waals surface area contributed by atoms with Crippen LogP contribution in [0.25, 0.3) is 0 Å². The monoisotopic (exact) mass is 264 g/mol. The number of carbonyl (C=O) groups excluding carboxylic acids is 1. The van der Waals surface area contributed by atoms with Gasteiger partial charge in [-0.15, -0.1) is 0 Å². The molecule has 1 aromatic rings. The van der Waals surface area contributed by atoms with Gasteiger partial charge in [0.1, 0.15) is 11.7 Å². The molecule has 0 fully saturated rings. The van der Waals surface area contributed by atoms with Crippen molar-refractivity contribution in [2.75, 3.05) is 0 Å². The molecule has 1 aromatic heterocycles. The lowest BCUT2D eigenvalue weighted by atomic mass is 10.1. The highest BCUT2D eigenvalue weighted by atomic mass is 16.4. The maximum atomic E-state index is 12.0. The Morgan fingerprint density at radius 3 is 2.74 bits per heavy atom. The number of rotatable bonds is 7. The number of carboxylic acids is 1. The lowest BCUT2D eigenvalue weighted by Gasteiger charge is -2.13. The van der Waals surface area contributed by atoms with Crippen molar-refractivity contribution in [3.8, 4) is 0 Å². The Balaban J connectivity index is 2.72. The van der Waals surface area contributed by atoms with E-state index in [0.717, 1.165) is 24.8 Å². The summed E-state index contributed by atoms with van der Waals surface area (Å²) >= 11 is 0. The predicted octanol–water partition coefficient (Wildman–Crippen LogP) is 2.02. The van der Waals surface area contributed by atoms with Gasteiger partial charge in [-0.2, -0.15) is 0 Å². The first-order valence-electron chi connectivity index (χ1n) is 6.57. The number of aliphatic carboxylic acids is 1. The average Bonchev–Trinajstić information content (AvgIpc) is 2.42. The summed E-state index contributed by atoms with van der Waals surface area (Å²) in [5, 5.41) is 11.6. The normalized spacial score (nSPS) is 11.9. The number of nitrogens with one attached hydrogen (secondary N) is 1. The van der Waals surface area contributed by atoms with Crippen molar-refractivity contribution in [1.29, 1.82) is 0 Å². The van der Waals surface area contributed by atoms with Crippen LogP contribution in [0.3, 0.4) is 0 Å². The molecule has 104 valence electrons. The van der Waals surface area contributed by atoms with Crippen LogP contribution in [0.5, 0.6) is 0 Å². The zero-order valence-corrected chi connectivity index (χ0v) is 11.3. The van der Waals surface area contributed by atoms with Crippen LogP contribution in [0.2, 0.25) is 0 Å². The lowest BCUT2D eigenvalue weighted by molar-refractivity contribution is -0.139. The van der Waals surface area contributed by atoms with E-state index in [4.69, 9.17) is 5.11 Å². The number of pyridine rings is 1. The van der Waals surface area contributed by atoms with E-state index < -0.39 is 17.9 Å². The molecule has 0 aliphatic rings. The molecular formula is C14H20N2O3. The highest BCUT2D eigenvalue weighted by molar-refractivity contribution is 5.95. The molecule has 0 unspecified atom stereocenters. The van der Waals surface area contributed by atoms with Gasteiger partial charge in [0.2, 0.25) is 0 Å². The van der Waals surface area contributed by atoms with E-state index >= 15 is 0 Å². The van der Waals surface area contributed by atoms with Gasteiger partial charge in [0.05, 0.1) is 0 Å². The molecule has 5 nitrogen and oxygen atoms in total. The summed E-state index contributed by atoms with van der Waals surface area (Å²) in [4.78, 5) is 27.0. The molecule has 0 aliphatic carbocycles. The number of amides is 1. The Bertz CT molecular complexity index is 446. The third kappa shape index (κ3) is 4.69. The van der Waals surface area contributed by atoms with Crippen molar-refractivity contribution in [1.82, 2.24) is 10.3 Å². The molecule has 0 bridgehead atoms. The minimum absolute atomic E-state index is 0.266. The van der Waals surface area contributed by atoms with Crippen LogP contribution >= 0.6 is 0 Å². The van der Waals surface area contributed by atoms with Crippen molar-refractivity contribution in [2.24, 2.45) is 0 Å². The van der Waals surface area contributed by atoms with Gasteiger partial charge in [0.15, 0.2) is 0 Å². The molecule has 1 heterocycles. The molecule has 2 N–H and O–H groups in total. The molecule has 0 aromatic carbocycles. The SMILES string of the molecule is CCCC[C@H](NC(=O)c1cc(CC)ccn1)C(=O)O. The standard InChI is InChI=1S/C14H20N2O3/c1-3-5-6-11(14(18)19)16-13(17)12-9-10(4-2)7-8-15-12/h7-9,11H,3-6H2,1-2H3,(H,16,17)(H,18,19)/t11-/m0/s1. The second-order valence-electron chi connectivity index (χ2n) is 4.41. The van der Waals surface area contributed by atoms with Crippen LogP contribution in [0.15, 0.2) is 18.3 Å². The summed E-state index contributed by atoms with van der Waals surface area (Å²) in [6, 6.07) is 2.68. The zero-order valence-electron chi connectivity index (χ0n) is 11.3. The number of aryl methyl sites for hydroxylation is 1. The van der Waals surface area contributed by atoms with Gasteiger partial charge in [-0.3, -0.25) is 9.78 Å². The van der Waals surface area contributed by atoms with E-state index in [-0.39, 0.29) is 5.69 Å². The molecule has 1 rings (SSSR count). The van der Waals surface area contributed by atoms with Gasteiger partial charge in [-0.25, -0.2) is 4.79 Å². The van der Waals surface area contributed by atoms with Crippen LogP contribution in [-0.4, -0.2) is 28.0 Å². The van der Waals surface area contributed by atoms with Crippen molar-refractivity contribution in [3.05, 3.63) is 29.6 Å². The first-order valence-corrected chi connectivity index (χ1v) is 6.57. The van der Waals surface area contributed by atoms with Crippen LogP contribution in [0.1, 0.15) is 49.2 Å².